The summed E-state index contributed by atoms with van der Waals surface area (Å²) in [5.41, 5.74) is 1.48. The SMILES string of the molecule is COc1cc(N2CN=c3sc(=Cc4ccccn4)c(=O)n3C2)cc(OC)c1OC. The molecule has 3 aromatic rings. The lowest BCUT2D eigenvalue weighted by Crippen LogP contribution is -2.42. The molecule has 0 unspecified atom stereocenters. The summed E-state index contributed by atoms with van der Waals surface area (Å²) >= 11 is 1.37. The summed E-state index contributed by atoms with van der Waals surface area (Å²) < 4.78 is 18.5. The minimum atomic E-state index is -0.0865. The van der Waals surface area contributed by atoms with Crippen LogP contribution in [-0.2, 0) is 6.67 Å². The van der Waals surface area contributed by atoms with Gasteiger partial charge in [0.1, 0.15) is 13.3 Å². The van der Waals surface area contributed by atoms with E-state index in [0.29, 0.717) is 39.9 Å². The van der Waals surface area contributed by atoms with Crippen molar-refractivity contribution in [2.24, 2.45) is 4.99 Å². The molecule has 0 saturated carbocycles. The van der Waals surface area contributed by atoms with Gasteiger partial charge in [-0.1, -0.05) is 17.4 Å². The fourth-order valence-corrected chi connectivity index (χ4v) is 4.07. The number of anilines is 1. The Balaban J connectivity index is 1.72. The first-order chi connectivity index (χ1) is 14.1. The maximum atomic E-state index is 12.9. The Labute approximate surface area is 170 Å². The van der Waals surface area contributed by atoms with E-state index in [2.05, 4.69) is 9.98 Å². The monoisotopic (exact) mass is 412 g/mol. The van der Waals surface area contributed by atoms with Gasteiger partial charge in [0, 0.05) is 24.0 Å². The van der Waals surface area contributed by atoms with E-state index in [1.807, 2.05) is 35.2 Å². The Morgan fingerprint density at radius 1 is 1.10 bits per heavy atom. The van der Waals surface area contributed by atoms with Crippen LogP contribution in [0.5, 0.6) is 17.2 Å². The van der Waals surface area contributed by atoms with Gasteiger partial charge in [0.15, 0.2) is 16.3 Å². The summed E-state index contributed by atoms with van der Waals surface area (Å²) in [5, 5.41) is 0. The molecule has 0 saturated heterocycles. The molecule has 1 aliphatic heterocycles. The zero-order valence-corrected chi connectivity index (χ0v) is 17.1. The summed E-state index contributed by atoms with van der Waals surface area (Å²) in [6.45, 7) is 0.796. The van der Waals surface area contributed by atoms with Gasteiger partial charge in [-0.15, -0.1) is 0 Å². The Morgan fingerprint density at radius 3 is 2.48 bits per heavy atom. The van der Waals surface area contributed by atoms with Crippen LogP contribution in [0.4, 0.5) is 5.69 Å². The Hall–Kier alpha value is -3.33. The molecule has 0 aliphatic carbocycles. The zero-order valence-electron chi connectivity index (χ0n) is 16.3. The standard InChI is InChI=1S/C20H20N4O4S/c1-26-15-9-14(10-16(27-2)18(15)28-3)23-11-22-20-24(12-23)19(25)17(29-20)8-13-6-4-5-7-21-13/h4-10H,11-12H2,1-3H3. The first-order valence-electron chi connectivity index (χ1n) is 8.86. The van der Waals surface area contributed by atoms with Gasteiger partial charge in [-0.3, -0.25) is 14.3 Å². The van der Waals surface area contributed by atoms with E-state index < -0.39 is 0 Å². The van der Waals surface area contributed by atoms with Gasteiger partial charge in [0.05, 0.1) is 31.6 Å². The average Bonchev–Trinajstić information content (AvgIpc) is 3.08. The van der Waals surface area contributed by atoms with Gasteiger partial charge < -0.3 is 19.1 Å². The molecule has 3 heterocycles. The fraction of sp³-hybridized carbons (Fsp3) is 0.250. The molecule has 2 aromatic heterocycles. The van der Waals surface area contributed by atoms with Crippen molar-refractivity contribution in [3.8, 4) is 17.2 Å². The van der Waals surface area contributed by atoms with E-state index in [1.54, 1.807) is 38.2 Å². The van der Waals surface area contributed by atoms with Crippen LogP contribution in [0, 0.1) is 0 Å². The number of benzene rings is 1. The third-order valence-corrected chi connectivity index (χ3v) is 5.60. The van der Waals surface area contributed by atoms with Gasteiger partial charge in [0.2, 0.25) is 5.75 Å². The quantitative estimate of drug-likeness (QED) is 0.627. The van der Waals surface area contributed by atoms with Crippen molar-refractivity contribution < 1.29 is 14.2 Å². The van der Waals surface area contributed by atoms with Gasteiger partial charge in [-0.05, 0) is 18.2 Å². The smallest absolute Gasteiger partial charge is 0.271 e. The lowest BCUT2D eigenvalue weighted by molar-refractivity contribution is 0.324. The van der Waals surface area contributed by atoms with E-state index in [-0.39, 0.29) is 5.56 Å². The lowest BCUT2D eigenvalue weighted by Gasteiger charge is -2.27. The second kappa shape index (κ2) is 7.96. The van der Waals surface area contributed by atoms with Crippen molar-refractivity contribution in [3.63, 3.8) is 0 Å². The number of nitrogens with zero attached hydrogens (tertiary/aromatic N) is 4. The van der Waals surface area contributed by atoms with Crippen LogP contribution >= 0.6 is 11.3 Å². The van der Waals surface area contributed by atoms with Gasteiger partial charge in [-0.2, -0.15) is 0 Å². The second-order valence-corrected chi connectivity index (χ2v) is 7.25. The average molecular weight is 412 g/mol. The highest BCUT2D eigenvalue weighted by Gasteiger charge is 2.20. The number of thiazole rings is 1. The molecule has 0 fully saturated rings. The maximum absolute atomic E-state index is 12.9. The van der Waals surface area contributed by atoms with E-state index in [0.717, 1.165) is 11.4 Å². The van der Waals surface area contributed by atoms with Crippen molar-refractivity contribution in [3.05, 3.63) is 61.9 Å². The number of methoxy groups -OCH3 is 3. The summed E-state index contributed by atoms with van der Waals surface area (Å²) in [5.74, 6) is 1.62. The third-order valence-electron chi connectivity index (χ3n) is 4.56. The number of aromatic nitrogens is 2. The third kappa shape index (κ3) is 3.56. The molecule has 0 bridgehead atoms. The molecular formula is C20H20N4O4S. The molecule has 0 N–H and O–H groups in total. The fourth-order valence-electron chi connectivity index (χ4n) is 3.12. The van der Waals surface area contributed by atoms with E-state index in [1.165, 1.54) is 11.3 Å². The van der Waals surface area contributed by atoms with Crippen LogP contribution in [0.25, 0.3) is 6.08 Å². The highest BCUT2D eigenvalue weighted by atomic mass is 32.1. The van der Waals surface area contributed by atoms with E-state index in [4.69, 9.17) is 14.2 Å². The molecule has 29 heavy (non-hydrogen) atoms. The number of hydrogen-bond donors (Lipinski definition) is 0. The Morgan fingerprint density at radius 2 is 1.86 bits per heavy atom. The lowest BCUT2D eigenvalue weighted by atomic mass is 10.2. The van der Waals surface area contributed by atoms with Crippen molar-refractivity contribution in [2.75, 3.05) is 32.9 Å². The number of fused-ring (bicyclic) bond motifs is 1. The number of rotatable bonds is 5. The largest absolute Gasteiger partial charge is 0.493 e. The number of pyridine rings is 1. The molecule has 0 atom stereocenters. The normalized spacial score (nSPS) is 13.6. The van der Waals surface area contributed by atoms with E-state index >= 15 is 0 Å². The predicted octanol–water partition coefficient (Wildman–Crippen LogP) is 1.21. The van der Waals surface area contributed by atoms with Crippen LogP contribution in [0.3, 0.4) is 0 Å². The molecule has 8 nitrogen and oxygen atoms in total. The molecule has 0 spiro atoms. The van der Waals surface area contributed by atoms with Gasteiger partial charge in [0.25, 0.3) is 5.56 Å². The van der Waals surface area contributed by atoms with Crippen LogP contribution < -0.4 is 34.0 Å². The maximum Gasteiger partial charge on any atom is 0.271 e. The van der Waals surface area contributed by atoms with Gasteiger partial charge >= 0.3 is 0 Å². The summed E-state index contributed by atoms with van der Waals surface area (Å²) in [7, 11) is 4.71. The molecule has 150 valence electrons. The first-order valence-corrected chi connectivity index (χ1v) is 9.68. The predicted molar refractivity (Wildman–Crippen MR) is 111 cm³/mol. The number of hydrogen-bond acceptors (Lipinski definition) is 8. The Bertz CT molecular complexity index is 1180. The molecule has 0 amide bonds. The molecule has 1 aliphatic rings. The van der Waals surface area contributed by atoms with Crippen LogP contribution in [0.15, 0.2) is 46.3 Å². The summed E-state index contributed by atoms with van der Waals surface area (Å²) in [6, 6.07) is 9.29. The minimum Gasteiger partial charge on any atom is -0.493 e. The van der Waals surface area contributed by atoms with Crippen molar-refractivity contribution in [1.82, 2.24) is 9.55 Å². The van der Waals surface area contributed by atoms with Crippen molar-refractivity contribution in [1.29, 1.82) is 0 Å². The van der Waals surface area contributed by atoms with Crippen LogP contribution in [0.2, 0.25) is 0 Å². The molecular weight excluding hydrogens is 392 g/mol. The molecule has 4 rings (SSSR count). The van der Waals surface area contributed by atoms with Crippen molar-refractivity contribution in [2.45, 2.75) is 6.67 Å². The topological polar surface area (TPSA) is 78.2 Å². The molecule has 9 heteroatoms. The first kappa shape index (κ1) is 19.0. The molecule has 0 radical (unpaired) electrons. The second-order valence-electron chi connectivity index (χ2n) is 6.25. The number of ether oxygens (including phenoxy) is 3. The van der Waals surface area contributed by atoms with Crippen molar-refractivity contribution >= 4 is 23.1 Å². The minimum absolute atomic E-state index is 0.0865. The molecule has 1 aromatic carbocycles. The van der Waals surface area contributed by atoms with Crippen LogP contribution in [0.1, 0.15) is 5.69 Å². The summed E-state index contributed by atoms with van der Waals surface area (Å²) in [4.78, 5) is 24.4. The van der Waals surface area contributed by atoms with Crippen LogP contribution in [-0.4, -0.2) is 37.5 Å². The highest BCUT2D eigenvalue weighted by Crippen LogP contribution is 2.41. The Kier molecular flexibility index (Phi) is 5.22. The zero-order chi connectivity index (χ0) is 20.4. The van der Waals surface area contributed by atoms with E-state index in [9.17, 15) is 4.79 Å². The summed E-state index contributed by atoms with van der Waals surface area (Å²) in [6.07, 6.45) is 3.49. The van der Waals surface area contributed by atoms with Gasteiger partial charge in [-0.25, -0.2) is 4.99 Å². The highest BCUT2D eigenvalue weighted by molar-refractivity contribution is 7.07.